The normalized spacial score (nSPS) is 11.7. The second-order valence-corrected chi connectivity index (χ2v) is 6.75. The van der Waals surface area contributed by atoms with Crippen LogP contribution in [0.1, 0.15) is 0 Å². The number of nitrogens with one attached hydrogen (secondary N) is 1. The highest BCUT2D eigenvalue weighted by atomic mass is 15.0. The third-order valence-electron chi connectivity index (χ3n) is 5.00. The molecule has 6 aromatic rings. The average molecular weight is 346 g/mol. The molecule has 0 aliphatic heterocycles. The van der Waals surface area contributed by atoms with Crippen LogP contribution in [0.25, 0.3) is 55.1 Å². The Hall–Kier alpha value is -3.79. The first kappa shape index (κ1) is 14.4. The minimum Gasteiger partial charge on any atom is -0.337 e. The molecule has 1 N–H and O–H groups in total. The number of H-pyrrole nitrogens is 1. The number of imidazole rings is 1. The lowest BCUT2D eigenvalue weighted by molar-refractivity contribution is 1.23. The highest BCUT2D eigenvalue weighted by molar-refractivity contribution is 5.97. The Kier molecular flexibility index (Phi) is 2.85. The van der Waals surface area contributed by atoms with Gasteiger partial charge < -0.3 is 4.98 Å². The number of nitrogens with zero attached hydrogens (tertiary/aromatic N) is 3. The molecule has 4 nitrogen and oxygen atoms in total. The quantitative estimate of drug-likeness (QED) is 0.401. The molecule has 0 fully saturated rings. The van der Waals surface area contributed by atoms with E-state index in [1.807, 2.05) is 24.3 Å². The van der Waals surface area contributed by atoms with E-state index in [9.17, 15) is 0 Å². The van der Waals surface area contributed by atoms with Crippen LogP contribution < -0.4 is 0 Å². The zero-order chi connectivity index (χ0) is 17.8. The molecule has 0 unspecified atom stereocenters. The highest BCUT2D eigenvalue weighted by Gasteiger charge is 2.10. The summed E-state index contributed by atoms with van der Waals surface area (Å²) < 4.78 is 0. The van der Waals surface area contributed by atoms with Gasteiger partial charge in [-0.05, 0) is 45.8 Å². The van der Waals surface area contributed by atoms with Gasteiger partial charge in [0.15, 0.2) is 5.82 Å². The minimum atomic E-state index is 0.739. The van der Waals surface area contributed by atoms with Crippen molar-refractivity contribution in [2.75, 3.05) is 0 Å². The first-order valence-corrected chi connectivity index (χ1v) is 8.88. The predicted molar refractivity (Wildman–Crippen MR) is 110 cm³/mol. The lowest BCUT2D eigenvalue weighted by Crippen LogP contribution is -1.90. The molecule has 4 heteroatoms. The van der Waals surface area contributed by atoms with Crippen molar-refractivity contribution in [3.05, 3.63) is 79.0 Å². The van der Waals surface area contributed by atoms with Crippen LogP contribution >= 0.6 is 0 Å². The lowest BCUT2D eigenvalue weighted by Gasteiger charge is -2.02. The number of rotatable bonds is 1. The second-order valence-electron chi connectivity index (χ2n) is 6.75. The molecule has 0 saturated carbocycles. The fraction of sp³-hybridized carbons (Fsp3) is 0. The molecule has 0 amide bonds. The van der Waals surface area contributed by atoms with Crippen LogP contribution in [0.4, 0.5) is 0 Å². The van der Waals surface area contributed by atoms with Gasteiger partial charge in [-0.3, -0.25) is 4.98 Å². The molecule has 6 rings (SSSR count). The fourth-order valence-corrected chi connectivity index (χ4v) is 3.63. The maximum absolute atomic E-state index is 4.80. The molecular formula is C23H14N4. The van der Waals surface area contributed by atoms with Crippen molar-refractivity contribution in [3.8, 4) is 11.5 Å². The van der Waals surface area contributed by atoms with Gasteiger partial charge in [0.1, 0.15) is 5.69 Å². The first-order valence-electron chi connectivity index (χ1n) is 8.88. The van der Waals surface area contributed by atoms with E-state index in [4.69, 9.17) is 9.97 Å². The molecule has 0 aliphatic carbocycles. The van der Waals surface area contributed by atoms with Crippen LogP contribution in [0, 0.1) is 0 Å². The van der Waals surface area contributed by atoms with Gasteiger partial charge in [-0.1, -0.05) is 48.5 Å². The summed E-state index contributed by atoms with van der Waals surface area (Å²) in [5.74, 6) is 0.739. The summed E-state index contributed by atoms with van der Waals surface area (Å²) in [5, 5.41) is 4.70. The van der Waals surface area contributed by atoms with Crippen LogP contribution in [-0.4, -0.2) is 19.9 Å². The maximum atomic E-state index is 4.80. The van der Waals surface area contributed by atoms with E-state index in [-0.39, 0.29) is 0 Å². The number of hydrogen-bond acceptors (Lipinski definition) is 3. The highest BCUT2D eigenvalue weighted by Crippen LogP contribution is 2.26. The third-order valence-corrected chi connectivity index (χ3v) is 5.00. The van der Waals surface area contributed by atoms with Crippen LogP contribution in [0.5, 0.6) is 0 Å². The molecule has 0 atom stereocenters. The Morgan fingerprint density at radius 1 is 0.593 bits per heavy atom. The topological polar surface area (TPSA) is 54.5 Å². The number of aromatic nitrogens is 4. The van der Waals surface area contributed by atoms with Crippen molar-refractivity contribution in [1.82, 2.24) is 19.9 Å². The smallest absolute Gasteiger partial charge is 0.158 e. The monoisotopic (exact) mass is 346 g/mol. The van der Waals surface area contributed by atoms with E-state index in [0.29, 0.717) is 0 Å². The summed E-state index contributed by atoms with van der Waals surface area (Å²) in [6.07, 6.45) is 1.79. The summed E-state index contributed by atoms with van der Waals surface area (Å²) >= 11 is 0. The van der Waals surface area contributed by atoms with Crippen molar-refractivity contribution in [2.24, 2.45) is 0 Å². The zero-order valence-electron chi connectivity index (χ0n) is 14.3. The van der Waals surface area contributed by atoms with Gasteiger partial charge in [-0.15, -0.1) is 0 Å². The molecule has 2 aromatic heterocycles. The summed E-state index contributed by atoms with van der Waals surface area (Å²) in [6, 6.07) is 24.9. The molecule has 0 aliphatic rings. The summed E-state index contributed by atoms with van der Waals surface area (Å²) in [6.45, 7) is 0. The van der Waals surface area contributed by atoms with Crippen LogP contribution in [0.15, 0.2) is 79.0 Å². The van der Waals surface area contributed by atoms with Gasteiger partial charge in [-0.25, -0.2) is 9.97 Å². The molecule has 0 bridgehead atoms. The van der Waals surface area contributed by atoms with Gasteiger partial charge >= 0.3 is 0 Å². The molecule has 126 valence electrons. The van der Waals surface area contributed by atoms with Crippen molar-refractivity contribution >= 4 is 43.6 Å². The summed E-state index contributed by atoms with van der Waals surface area (Å²) in [4.78, 5) is 17.6. The Balaban J connectivity index is 1.55. The molecular weight excluding hydrogens is 332 g/mol. The van der Waals surface area contributed by atoms with E-state index in [2.05, 4.69) is 58.5 Å². The van der Waals surface area contributed by atoms with Gasteiger partial charge in [0, 0.05) is 0 Å². The Morgan fingerprint density at radius 3 is 1.89 bits per heavy atom. The average Bonchev–Trinajstić information content (AvgIpc) is 3.13. The van der Waals surface area contributed by atoms with Crippen LogP contribution in [-0.2, 0) is 0 Å². The molecule has 2 heterocycles. The third kappa shape index (κ3) is 2.27. The zero-order valence-corrected chi connectivity index (χ0v) is 14.3. The van der Waals surface area contributed by atoms with Gasteiger partial charge in [0.25, 0.3) is 0 Å². The van der Waals surface area contributed by atoms with E-state index >= 15 is 0 Å². The standard InChI is InChI=1S/C23H14N4/c1-2-6-15-10-19-18(9-14(15)5-1)24-13-22(25-19)23-26-20-11-16-7-3-4-8-17(16)12-21(20)27-23/h1-13H,(H,26,27). The van der Waals surface area contributed by atoms with Gasteiger partial charge in [0.2, 0.25) is 0 Å². The molecule has 4 aromatic carbocycles. The number of fused-ring (bicyclic) bond motifs is 4. The minimum absolute atomic E-state index is 0.739. The van der Waals surface area contributed by atoms with Crippen molar-refractivity contribution in [1.29, 1.82) is 0 Å². The first-order chi connectivity index (χ1) is 13.3. The Labute approximate surface area is 154 Å². The number of hydrogen-bond donors (Lipinski definition) is 1. The maximum Gasteiger partial charge on any atom is 0.158 e. The van der Waals surface area contributed by atoms with Crippen molar-refractivity contribution in [3.63, 3.8) is 0 Å². The van der Waals surface area contributed by atoms with Crippen LogP contribution in [0.2, 0.25) is 0 Å². The number of benzene rings is 4. The van der Waals surface area contributed by atoms with Crippen molar-refractivity contribution < 1.29 is 0 Å². The summed E-state index contributed by atoms with van der Waals surface area (Å²) in [5.41, 5.74) is 4.45. The summed E-state index contributed by atoms with van der Waals surface area (Å²) in [7, 11) is 0. The van der Waals surface area contributed by atoms with E-state index in [1.54, 1.807) is 6.20 Å². The Bertz CT molecular complexity index is 1430. The van der Waals surface area contributed by atoms with Crippen molar-refractivity contribution in [2.45, 2.75) is 0 Å². The Morgan fingerprint density at radius 2 is 1.19 bits per heavy atom. The molecule has 0 spiro atoms. The van der Waals surface area contributed by atoms with E-state index in [0.717, 1.165) is 39.0 Å². The molecule has 27 heavy (non-hydrogen) atoms. The molecule has 0 saturated heterocycles. The van der Waals surface area contributed by atoms with E-state index in [1.165, 1.54) is 16.2 Å². The predicted octanol–water partition coefficient (Wildman–Crippen LogP) is 5.48. The van der Waals surface area contributed by atoms with Gasteiger partial charge in [-0.2, -0.15) is 0 Å². The lowest BCUT2D eigenvalue weighted by atomic mass is 10.1. The SMILES string of the molecule is c1ccc2cc3nc(-c4nc5cc6ccccc6cc5[nH]4)cnc3cc2c1. The van der Waals surface area contributed by atoms with Gasteiger partial charge in [0.05, 0.1) is 28.3 Å². The molecule has 0 radical (unpaired) electrons. The largest absolute Gasteiger partial charge is 0.337 e. The fourth-order valence-electron chi connectivity index (χ4n) is 3.63. The second kappa shape index (κ2) is 5.35. The van der Waals surface area contributed by atoms with E-state index < -0.39 is 0 Å². The van der Waals surface area contributed by atoms with Crippen LogP contribution in [0.3, 0.4) is 0 Å². The number of aromatic amines is 1.